The number of anilines is 1. The molecular weight excluding hydrogens is 340 g/mol. The number of nitrogens with one attached hydrogen (secondary N) is 1. The molecule has 0 atom stereocenters. The predicted octanol–water partition coefficient (Wildman–Crippen LogP) is 3.98. The van der Waals surface area contributed by atoms with Gasteiger partial charge in [0.1, 0.15) is 0 Å². The molecule has 5 nitrogen and oxygen atoms in total. The third-order valence-electron chi connectivity index (χ3n) is 3.64. The minimum Gasteiger partial charge on any atom is -0.301 e. The second-order valence-electron chi connectivity index (χ2n) is 5.41. The SMILES string of the molecule is Cc1cnc(NC(=O)CSc2nccn2-c2cccc(C)c2C)s1. The molecule has 2 aromatic heterocycles. The zero-order chi connectivity index (χ0) is 17.1. The van der Waals surface area contributed by atoms with Crippen molar-refractivity contribution in [2.45, 2.75) is 25.9 Å². The quantitative estimate of drug-likeness (QED) is 0.701. The highest BCUT2D eigenvalue weighted by atomic mass is 32.2. The number of thiazole rings is 1. The molecule has 124 valence electrons. The molecule has 0 fully saturated rings. The number of hydrogen-bond donors (Lipinski definition) is 1. The Hall–Kier alpha value is -2.12. The highest BCUT2D eigenvalue weighted by molar-refractivity contribution is 7.99. The van der Waals surface area contributed by atoms with Gasteiger partial charge in [-0.2, -0.15) is 0 Å². The molecule has 3 aromatic rings. The van der Waals surface area contributed by atoms with Crippen LogP contribution in [0.25, 0.3) is 5.69 Å². The minimum atomic E-state index is -0.0788. The van der Waals surface area contributed by atoms with E-state index >= 15 is 0 Å². The zero-order valence-corrected chi connectivity index (χ0v) is 15.4. The third-order valence-corrected chi connectivity index (χ3v) is 5.44. The van der Waals surface area contributed by atoms with E-state index in [0.717, 1.165) is 15.7 Å². The van der Waals surface area contributed by atoms with Gasteiger partial charge in [0, 0.05) is 23.5 Å². The Morgan fingerprint density at radius 3 is 2.88 bits per heavy atom. The van der Waals surface area contributed by atoms with Crippen molar-refractivity contribution in [2.75, 3.05) is 11.1 Å². The molecular formula is C17H18N4OS2. The van der Waals surface area contributed by atoms with Gasteiger partial charge in [0.25, 0.3) is 0 Å². The third kappa shape index (κ3) is 3.68. The first-order valence-corrected chi connectivity index (χ1v) is 9.30. The number of hydrogen-bond acceptors (Lipinski definition) is 5. The van der Waals surface area contributed by atoms with Crippen LogP contribution in [0.15, 0.2) is 41.9 Å². The first kappa shape index (κ1) is 16.7. The summed E-state index contributed by atoms with van der Waals surface area (Å²) >= 11 is 2.88. The molecule has 24 heavy (non-hydrogen) atoms. The molecule has 0 spiro atoms. The lowest BCUT2D eigenvalue weighted by molar-refractivity contribution is -0.113. The highest BCUT2D eigenvalue weighted by Gasteiger charge is 2.12. The second kappa shape index (κ2) is 7.19. The number of amides is 1. The van der Waals surface area contributed by atoms with Gasteiger partial charge in [-0.05, 0) is 38.0 Å². The van der Waals surface area contributed by atoms with Crippen LogP contribution in [0.5, 0.6) is 0 Å². The van der Waals surface area contributed by atoms with Crippen molar-refractivity contribution in [3.63, 3.8) is 0 Å². The summed E-state index contributed by atoms with van der Waals surface area (Å²) in [6, 6.07) is 6.18. The van der Waals surface area contributed by atoms with E-state index in [-0.39, 0.29) is 5.91 Å². The summed E-state index contributed by atoms with van der Waals surface area (Å²) in [5.41, 5.74) is 3.53. The fourth-order valence-electron chi connectivity index (χ4n) is 2.27. The van der Waals surface area contributed by atoms with Gasteiger partial charge in [-0.3, -0.25) is 9.36 Å². The molecule has 0 aliphatic carbocycles. The first-order valence-electron chi connectivity index (χ1n) is 7.49. The molecule has 2 heterocycles. The summed E-state index contributed by atoms with van der Waals surface area (Å²) < 4.78 is 2.02. The van der Waals surface area contributed by atoms with Crippen molar-refractivity contribution < 1.29 is 4.79 Å². The number of carbonyl (C=O) groups is 1. The average Bonchev–Trinajstić information content (AvgIpc) is 3.17. The van der Waals surface area contributed by atoms with E-state index in [1.165, 1.54) is 34.2 Å². The number of nitrogens with zero attached hydrogens (tertiary/aromatic N) is 3. The molecule has 1 aromatic carbocycles. The van der Waals surface area contributed by atoms with Gasteiger partial charge < -0.3 is 5.32 Å². The van der Waals surface area contributed by atoms with Gasteiger partial charge in [-0.25, -0.2) is 9.97 Å². The smallest absolute Gasteiger partial charge is 0.236 e. The maximum absolute atomic E-state index is 12.1. The lowest BCUT2D eigenvalue weighted by atomic mass is 10.1. The Kier molecular flexibility index (Phi) is 5.01. The lowest BCUT2D eigenvalue weighted by Crippen LogP contribution is -2.14. The van der Waals surface area contributed by atoms with Crippen LogP contribution in [0.2, 0.25) is 0 Å². The summed E-state index contributed by atoms with van der Waals surface area (Å²) in [5.74, 6) is 0.213. The Bertz CT molecular complexity index is 869. The Balaban J connectivity index is 1.70. The summed E-state index contributed by atoms with van der Waals surface area (Å²) in [6.07, 6.45) is 5.43. The van der Waals surface area contributed by atoms with Gasteiger partial charge in [0.15, 0.2) is 10.3 Å². The Labute approximate surface area is 149 Å². The van der Waals surface area contributed by atoms with Crippen molar-refractivity contribution in [3.8, 4) is 5.69 Å². The van der Waals surface area contributed by atoms with Gasteiger partial charge in [0.2, 0.25) is 5.91 Å². The first-order chi connectivity index (χ1) is 11.5. The second-order valence-corrected chi connectivity index (χ2v) is 7.59. The predicted molar refractivity (Wildman–Crippen MR) is 99.2 cm³/mol. The minimum absolute atomic E-state index is 0.0788. The maximum Gasteiger partial charge on any atom is 0.236 e. The zero-order valence-electron chi connectivity index (χ0n) is 13.7. The van der Waals surface area contributed by atoms with Crippen molar-refractivity contribution in [2.24, 2.45) is 0 Å². The lowest BCUT2D eigenvalue weighted by Gasteiger charge is -2.12. The molecule has 1 amide bonds. The molecule has 0 aliphatic rings. The topological polar surface area (TPSA) is 59.8 Å². The van der Waals surface area contributed by atoms with Crippen LogP contribution in [0.1, 0.15) is 16.0 Å². The van der Waals surface area contributed by atoms with Crippen LogP contribution < -0.4 is 5.32 Å². The molecule has 0 radical (unpaired) electrons. The normalized spacial score (nSPS) is 10.8. The van der Waals surface area contributed by atoms with Crippen LogP contribution in [0, 0.1) is 20.8 Å². The number of carbonyl (C=O) groups excluding carboxylic acids is 1. The summed E-state index contributed by atoms with van der Waals surface area (Å²) in [4.78, 5) is 21.7. The fourth-order valence-corrected chi connectivity index (χ4v) is 3.72. The average molecular weight is 358 g/mol. The number of benzene rings is 1. The van der Waals surface area contributed by atoms with E-state index in [1.807, 2.05) is 23.8 Å². The van der Waals surface area contributed by atoms with Crippen molar-refractivity contribution >= 4 is 34.1 Å². The van der Waals surface area contributed by atoms with E-state index in [9.17, 15) is 4.79 Å². The van der Waals surface area contributed by atoms with E-state index in [0.29, 0.717) is 10.9 Å². The van der Waals surface area contributed by atoms with Crippen molar-refractivity contribution in [3.05, 3.63) is 52.8 Å². The monoisotopic (exact) mass is 358 g/mol. The van der Waals surface area contributed by atoms with Gasteiger partial charge in [-0.1, -0.05) is 23.9 Å². The van der Waals surface area contributed by atoms with Crippen molar-refractivity contribution in [1.82, 2.24) is 14.5 Å². The van der Waals surface area contributed by atoms with Crippen LogP contribution >= 0.6 is 23.1 Å². The molecule has 7 heteroatoms. The molecule has 3 rings (SSSR count). The summed E-state index contributed by atoms with van der Waals surface area (Å²) in [5, 5.41) is 4.25. The van der Waals surface area contributed by atoms with Crippen LogP contribution in [0.3, 0.4) is 0 Å². The maximum atomic E-state index is 12.1. The Morgan fingerprint density at radius 1 is 1.29 bits per heavy atom. The largest absolute Gasteiger partial charge is 0.301 e. The van der Waals surface area contributed by atoms with E-state index in [1.54, 1.807) is 12.4 Å². The number of aromatic nitrogens is 3. The molecule has 0 saturated carbocycles. The molecule has 0 unspecified atom stereocenters. The fraction of sp³-hybridized carbons (Fsp3) is 0.235. The summed E-state index contributed by atoms with van der Waals surface area (Å²) in [6.45, 7) is 6.14. The van der Waals surface area contributed by atoms with E-state index in [4.69, 9.17) is 0 Å². The standard InChI is InChI=1S/C17H18N4OS2/c1-11-5-4-6-14(13(11)3)21-8-7-18-17(21)23-10-15(22)20-16-19-9-12(2)24-16/h4-9H,10H2,1-3H3,(H,19,20,22). The molecule has 0 aliphatic heterocycles. The van der Waals surface area contributed by atoms with Gasteiger partial charge in [0.05, 0.1) is 11.4 Å². The van der Waals surface area contributed by atoms with Crippen LogP contribution in [0.4, 0.5) is 5.13 Å². The van der Waals surface area contributed by atoms with Crippen LogP contribution in [-0.2, 0) is 4.79 Å². The number of rotatable bonds is 5. The van der Waals surface area contributed by atoms with E-state index < -0.39 is 0 Å². The van der Waals surface area contributed by atoms with Crippen molar-refractivity contribution in [1.29, 1.82) is 0 Å². The number of aryl methyl sites for hydroxylation is 2. The number of thioether (sulfide) groups is 1. The summed E-state index contributed by atoms with van der Waals surface area (Å²) in [7, 11) is 0. The Morgan fingerprint density at radius 2 is 2.12 bits per heavy atom. The molecule has 0 saturated heterocycles. The highest BCUT2D eigenvalue weighted by Crippen LogP contribution is 2.24. The molecule has 1 N–H and O–H groups in total. The number of imidazole rings is 1. The van der Waals surface area contributed by atoms with Crippen LogP contribution in [-0.4, -0.2) is 26.2 Å². The van der Waals surface area contributed by atoms with E-state index in [2.05, 4.69) is 41.3 Å². The van der Waals surface area contributed by atoms with Gasteiger partial charge >= 0.3 is 0 Å². The molecule has 0 bridgehead atoms. The van der Waals surface area contributed by atoms with Gasteiger partial charge in [-0.15, -0.1) is 11.3 Å².